The third kappa shape index (κ3) is 4.51. The van der Waals surface area contributed by atoms with Crippen molar-refractivity contribution in [3.63, 3.8) is 0 Å². The predicted molar refractivity (Wildman–Crippen MR) is 106 cm³/mol. The van der Waals surface area contributed by atoms with Crippen molar-refractivity contribution < 1.29 is 14.0 Å². The van der Waals surface area contributed by atoms with E-state index < -0.39 is 5.91 Å². The number of nitrogens with one attached hydrogen (secondary N) is 1. The molecule has 27 heavy (non-hydrogen) atoms. The Balaban J connectivity index is 1.66. The second-order valence-electron chi connectivity index (χ2n) is 5.83. The zero-order chi connectivity index (χ0) is 19.4. The molecule has 0 radical (unpaired) electrons. The van der Waals surface area contributed by atoms with Gasteiger partial charge >= 0.3 is 0 Å². The summed E-state index contributed by atoms with van der Waals surface area (Å²) in [4.78, 5) is 26.0. The average molecular weight is 403 g/mol. The highest BCUT2D eigenvalue weighted by Crippen LogP contribution is 2.29. The first-order chi connectivity index (χ1) is 13.0. The van der Waals surface area contributed by atoms with E-state index in [0.717, 1.165) is 0 Å². The van der Waals surface area contributed by atoms with Crippen LogP contribution in [0.1, 0.15) is 10.6 Å². The fourth-order valence-corrected chi connectivity index (χ4v) is 2.90. The topological polar surface area (TPSA) is 62.6 Å². The monoisotopic (exact) mass is 402 g/mol. The Bertz CT molecular complexity index is 985. The van der Waals surface area contributed by atoms with Crippen molar-refractivity contribution in [2.75, 3.05) is 18.9 Å². The molecule has 5 nitrogen and oxygen atoms in total. The van der Waals surface area contributed by atoms with Gasteiger partial charge in [0.25, 0.3) is 5.91 Å². The molecule has 7 heteroatoms. The fraction of sp³-hybridized carbons (Fsp3) is 0.100. The molecule has 0 aliphatic carbocycles. The van der Waals surface area contributed by atoms with Crippen LogP contribution in [0.3, 0.4) is 0 Å². The Hall–Kier alpha value is -2.76. The molecule has 0 saturated carbocycles. The number of rotatable bonds is 5. The maximum atomic E-state index is 12.5. The van der Waals surface area contributed by atoms with E-state index in [0.29, 0.717) is 27.1 Å². The lowest BCUT2D eigenvalue weighted by Crippen LogP contribution is -2.34. The summed E-state index contributed by atoms with van der Waals surface area (Å²) in [6, 6.07) is 17.3. The van der Waals surface area contributed by atoms with Crippen LogP contribution in [0.4, 0.5) is 5.69 Å². The number of benzene rings is 2. The fourth-order valence-electron chi connectivity index (χ4n) is 2.49. The van der Waals surface area contributed by atoms with Crippen LogP contribution >= 0.6 is 23.2 Å². The first-order valence-corrected chi connectivity index (χ1v) is 8.86. The Morgan fingerprint density at radius 1 is 0.963 bits per heavy atom. The molecule has 0 unspecified atom stereocenters. The Kier molecular flexibility index (Phi) is 5.84. The van der Waals surface area contributed by atoms with Crippen molar-refractivity contribution in [2.45, 2.75) is 0 Å². The Morgan fingerprint density at radius 3 is 2.33 bits per heavy atom. The lowest BCUT2D eigenvalue weighted by Gasteiger charge is -2.15. The standard InChI is InChI=1S/C20H16Cl2N2O3/c1-24(12-19(25)23-16-9-5-4-8-15(16)22)20(26)18-11-10-17(27-18)13-6-2-3-7-14(13)21/h2-11H,12H2,1H3,(H,23,25). The zero-order valence-electron chi connectivity index (χ0n) is 14.4. The van der Waals surface area contributed by atoms with Gasteiger partial charge < -0.3 is 14.6 Å². The molecule has 0 atom stereocenters. The minimum absolute atomic E-state index is 0.123. The van der Waals surface area contributed by atoms with Crippen molar-refractivity contribution in [3.05, 3.63) is 76.5 Å². The van der Waals surface area contributed by atoms with Gasteiger partial charge in [0.2, 0.25) is 5.91 Å². The summed E-state index contributed by atoms with van der Waals surface area (Å²) >= 11 is 12.2. The summed E-state index contributed by atoms with van der Waals surface area (Å²) in [5, 5.41) is 3.63. The number of nitrogens with zero attached hydrogens (tertiary/aromatic N) is 1. The van der Waals surface area contributed by atoms with Gasteiger partial charge in [-0.05, 0) is 36.4 Å². The molecule has 0 spiro atoms. The van der Waals surface area contributed by atoms with Crippen molar-refractivity contribution >= 4 is 40.7 Å². The molecule has 1 heterocycles. The maximum absolute atomic E-state index is 12.5. The SMILES string of the molecule is CN(CC(=O)Nc1ccccc1Cl)C(=O)c1ccc(-c2ccccc2Cl)o1. The number of halogens is 2. The normalized spacial score (nSPS) is 10.5. The number of carbonyl (C=O) groups is 2. The van der Waals surface area contributed by atoms with E-state index in [1.165, 1.54) is 11.9 Å². The molecule has 138 valence electrons. The van der Waals surface area contributed by atoms with E-state index in [9.17, 15) is 9.59 Å². The second kappa shape index (κ2) is 8.29. The number of anilines is 1. The molecular formula is C20H16Cl2N2O3. The van der Waals surface area contributed by atoms with E-state index in [-0.39, 0.29) is 18.2 Å². The highest BCUT2D eigenvalue weighted by atomic mass is 35.5. The number of hydrogen-bond acceptors (Lipinski definition) is 3. The van der Waals surface area contributed by atoms with E-state index in [2.05, 4.69) is 5.32 Å². The molecule has 0 bridgehead atoms. The van der Waals surface area contributed by atoms with Crippen molar-refractivity contribution in [2.24, 2.45) is 0 Å². The van der Waals surface area contributed by atoms with Gasteiger partial charge in [-0.25, -0.2) is 0 Å². The molecule has 3 rings (SSSR count). The summed E-state index contributed by atoms with van der Waals surface area (Å²) in [5.41, 5.74) is 1.18. The van der Waals surface area contributed by atoms with Crippen molar-refractivity contribution in [1.82, 2.24) is 4.90 Å². The number of hydrogen-bond donors (Lipinski definition) is 1. The molecule has 3 aromatic rings. The molecule has 0 aliphatic rings. The third-order valence-corrected chi connectivity index (χ3v) is 4.49. The Labute approximate surface area is 166 Å². The lowest BCUT2D eigenvalue weighted by atomic mass is 10.2. The third-order valence-electron chi connectivity index (χ3n) is 3.83. The quantitative estimate of drug-likeness (QED) is 0.655. The number of carbonyl (C=O) groups excluding carboxylic acids is 2. The molecule has 0 fully saturated rings. The summed E-state index contributed by atoms with van der Waals surface area (Å²) < 4.78 is 5.62. The van der Waals surface area contributed by atoms with Crippen LogP contribution in [0.25, 0.3) is 11.3 Å². The second-order valence-corrected chi connectivity index (χ2v) is 6.65. The Morgan fingerprint density at radius 2 is 1.63 bits per heavy atom. The van der Waals surface area contributed by atoms with Crippen LogP contribution in [0.15, 0.2) is 65.1 Å². The van der Waals surface area contributed by atoms with Crippen molar-refractivity contribution in [1.29, 1.82) is 0 Å². The maximum Gasteiger partial charge on any atom is 0.289 e. The van der Waals surface area contributed by atoms with Gasteiger partial charge in [0.05, 0.1) is 22.3 Å². The number of para-hydroxylation sites is 1. The molecule has 1 N–H and O–H groups in total. The summed E-state index contributed by atoms with van der Waals surface area (Å²) in [7, 11) is 1.52. The zero-order valence-corrected chi connectivity index (χ0v) is 15.9. The van der Waals surface area contributed by atoms with E-state index in [4.69, 9.17) is 27.6 Å². The molecule has 2 amide bonds. The van der Waals surface area contributed by atoms with Crippen LogP contribution in [0.5, 0.6) is 0 Å². The first kappa shape index (κ1) is 19.0. The van der Waals surface area contributed by atoms with E-state index in [1.54, 1.807) is 48.5 Å². The van der Waals surface area contributed by atoms with Gasteiger partial charge in [0.1, 0.15) is 5.76 Å². The van der Waals surface area contributed by atoms with Crippen LogP contribution < -0.4 is 5.32 Å². The van der Waals surface area contributed by atoms with Crippen LogP contribution in [-0.2, 0) is 4.79 Å². The molecule has 2 aromatic carbocycles. The number of furan rings is 1. The van der Waals surface area contributed by atoms with Gasteiger partial charge in [0, 0.05) is 12.6 Å². The summed E-state index contributed by atoms with van der Waals surface area (Å²) in [5.74, 6) is -0.171. The number of amides is 2. The van der Waals surface area contributed by atoms with E-state index in [1.807, 2.05) is 12.1 Å². The number of likely N-dealkylation sites (N-methyl/N-ethyl adjacent to an activating group) is 1. The minimum atomic E-state index is -0.414. The molecule has 0 aliphatic heterocycles. The molecule has 0 saturated heterocycles. The van der Waals surface area contributed by atoms with E-state index >= 15 is 0 Å². The molecule has 1 aromatic heterocycles. The van der Waals surface area contributed by atoms with Crippen LogP contribution in [-0.4, -0.2) is 30.3 Å². The lowest BCUT2D eigenvalue weighted by molar-refractivity contribution is -0.116. The highest BCUT2D eigenvalue weighted by Gasteiger charge is 2.19. The first-order valence-electron chi connectivity index (χ1n) is 8.10. The summed E-state index contributed by atoms with van der Waals surface area (Å²) in [6.45, 7) is -0.147. The summed E-state index contributed by atoms with van der Waals surface area (Å²) in [6.07, 6.45) is 0. The van der Waals surface area contributed by atoms with Crippen molar-refractivity contribution in [3.8, 4) is 11.3 Å². The van der Waals surface area contributed by atoms with Crippen LogP contribution in [0.2, 0.25) is 10.0 Å². The predicted octanol–water partition coefficient (Wildman–Crippen LogP) is 4.96. The van der Waals surface area contributed by atoms with Gasteiger partial charge in [-0.2, -0.15) is 0 Å². The smallest absolute Gasteiger partial charge is 0.289 e. The van der Waals surface area contributed by atoms with Gasteiger partial charge in [-0.15, -0.1) is 0 Å². The van der Waals surface area contributed by atoms with Gasteiger partial charge in [-0.3, -0.25) is 9.59 Å². The molecular weight excluding hydrogens is 387 g/mol. The van der Waals surface area contributed by atoms with Gasteiger partial charge in [0.15, 0.2) is 5.76 Å². The highest BCUT2D eigenvalue weighted by molar-refractivity contribution is 6.33. The van der Waals surface area contributed by atoms with Crippen LogP contribution in [0, 0.1) is 0 Å². The average Bonchev–Trinajstić information content (AvgIpc) is 3.13. The minimum Gasteiger partial charge on any atom is -0.451 e. The van der Waals surface area contributed by atoms with Gasteiger partial charge in [-0.1, -0.05) is 47.5 Å². The largest absolute Gasteiger partial charge is 0.451 e.